The molecule has 0 radical (unpaired) electrons. The standard InChI is InChI=1S/C18H38N2O2/c1-3-5-6-7-8-9-10-11-12-14-18(22)20-17(4-2)19-15-13-16-21/h17,19,21H,3-16H2,1-2H3,(H,20,22). The summed E-state index contributed by atoms with van der Waals surface area (Å²) in [6.45, 7) is 5.23. The van der Waals surface area contributed by atoms with Crippen molar-refractivity contribution in [2.24, 2.45) is 0 Å². The summed E-state index contributed by atoms with van der Waals surface area (Å²) in [4.78, 5) is 11.9. The molecule has 22 heavy (non-hydrogen) atoms. The van der Waals surface area contributed by atoms with Crippen LogP contribution in [0.25, 0.3) is 0 Å². The molecular weight excluding hydrogens is 276 g/mol. The molecule has 0 saturated carbocycles. The monoisotopic (exact) mass is 314 g/mol. The predicted octanol–water partition coefficient (Wildman–Crippen LogP) is 3.73. The Morgan fingerprint density at radius 3 is 2.05 bits per heavy atom. The Kier molecular flexibility index (Phi) is 16.3. The molecule has 0 spiro atoms. The minimum atomic E-state index is 0.0395. The fourth-order valence-electron chi connectivity index (χ4n) is 2.52. The van der Waals surface area contributed by atoms with Crippen molar-refractivity contribution >= 4 is 5.91 Å². The van der Waals surface area contributed by atoms with E-state index in [4.69, 9.17) is 5.11 Å². The molecule has 0 rings (SSSR count). The maximum Gasteiger partial charge on any atom is 0.221 e. The topological polar surface area (TPSA) is 61.4 Å². The first-order valence-electron chi connectivity index (χ1n) is 9.38. The summed E-state index contributed by atoms with van der Waals surface area (Å²) >= 11 is 0. The van der Waals surface area contributed by atoms with Crippen molar-refractivity contribution in [3.8, 4) is 0 Å². The smallest absolute Gasteiger partial charge is 0.221 e. The minimum Gasteiger partial charge on any atom is -0.396 e. The van der Waals surface area contributed by atoms with Crippen LogP contribution in [0.4, 0.5) is 0 Å². The van der Waals surface area contributed by atoms with Crippen LogP contribution in [0, 0.1) is 0 Å². The van der Waals surface area contributed by atoms with Gasteiger partial charge in [-0.15, -0.1) is 0 Å². The number of rotatable bonds is 16. The molecule has 0 aromatic heterocycles. The average molecular weight is 315 g/mol. The number of unbranched alkanes of at least 4 members (excludes halogenated alkanes) is 8. The Morgan fingerprint density at radius 2 is 1.50 bits per heavy atom. The molecule has 0 fully saturated rings. The number of hydrogen-bond donors (Lipinski definition) is 3. The van der Waals surface area contributed by atoms with E-state index in [0.29, 0.717) is 6.42 Å². The number of aliphatic hydroxyl groups excluding tert-OH is 1. The number of amides is 1. The lowest BCUT2D eigenvalue weighted by molar-refractivity contribution is -0.122. The molecule has 1 unspecified atom stereocenters. The average Bonchev–Trinajstić information content (AvgIpc) is 2.52. The van der Waals surface area contributed by atoms with E-state index in [0.717, 1.165) is 32.2 Å². The van der Waals surface area contributed by atoms with Gasteiger partial charge < -0.3 is 10.4 Å². The van der Waals surface area contributed by atoms with Crippen molar-refractivity contribution in [3.05, 3.63) is 0 Å². The number of carbonyl (C=O) groups is 1. The normalized spacial score (nSPS) is 12.3. The highest BCUT2D eigenvalue weighted by Gasteiger charge is 2.08. The first-order chi connectivity index (χ1) is 10.7. The van der Waals surface area contributed by atoms with E-state index in [2.05, 4.69) is 24.5 Å². The maximum absolute atomic E-state index is 11.9. The first-order valence-corrected chi connectivity index (χ1v) is 9.38. The lowest BCUT2D eigenvalue weighted by atomic mass is 10.1. The SMILES string of the molecule is CCCCCCCCCCCC(=O)NC(CC)NCCCO. The second-order valence-corrected chi connectivity index (χ2v) is 6.14. The third-order valence-corrected chi connectivity index (χ3v) is 3.98. The van der Waals surface area contributed by atoms with Crippen LogP contribution in [0.15, 0.2) is 0 Å². The van der Waals surface area contributed by atoms with Gasteiger partial charge in [-0.25, -0.2) is 0 Å². The Labute approximate surface area is 137 Å². The van der Waals surface area contributed by atoms with Gasteiger partial charge >= 0.3 is 0 Å². The van der Waals surface area contributed by atoms with E-state index in [-0.39, 0.29) is 18.7 Å². The summed E-state index contributed by atoms with van der Waals surface area (Å²) in [5, 5.41) is 15.0. The molecule has 132 valence electrons. The molecule has 4 heteroatoms. The lowest BCUT2D eigenvalue weighted by Crippen LogP contribution is -2.45. The number of nitrogens with one attached hydrogen (secondary N) is 2. The summed E-state index contributed by atoms with van der Waals surface area (Å²) in [5.74, 6) is 0.145. The largest absolute Gasteiger partial charge is 0.396 e. The Morgan fingerprint density at radius 1 is 0.909 bits per heavy atom. The van der Waals surface area contributed by atoms with Gasteiger partial charge in [0.2, 0.25) is 5.91 Å². The molecule has 0 aliphatic rings. The minimum absolute atomic E-state index is 0.0395. The summed E-state index contributed by atoms with van der Waals surface area (Å²) in [5.41, 5.74) is 0. The third-order valence-electron chi connectivity index (χ3n) is 3.98. The molecular formula is C18H38N2O2. The maximum atomic E-state index is 11.9. The van der Waals surface area contributed by atoms with Crippen molar-refractivity contribution in [1.82, 2.24) is 10.6 Å². The Bertz CT molecular complexity index is 247. The van der Waals surface area contributed by atoms with Gasteiger partial charge in [0.1, 0.15) is 0 Å². The fraction of sp³-hybridized carbons (Fsp3) is 0.944. The van der Waals surface area contributed by atoms with Gasteiger partial charge in [-0.2, -0.15) is 0 Å². The van der Waals surface area contributed by atoms with E-state index in [1.807, 2.05) is 0 Å². The summed E-state index contributed by atoms with van der Waals surface area (Å²) in [6, 6.07) is 0. The van der Waals surface area contributed by atoms with Crippen molar-refractivity contribution in [2.45, 2.75) is 97.1 Å². The van der Waals surface area contributed by atoms with Crippen LogP contribution in [0.1, 0.15) is 90.9 Å². The summed E-state index contributed by atoms with van der Waals surface area (Å²) < 4.78 is 0. The van der Waals surface area contributed by atoms with Gasteiger partial charge in [-0.3, -0.25) is 10.1 Å². The van der Waals surface area contributed by atoms with Gasteiger partial charge in [0.05, 0.1) is 6.17 Å². The number of carbonyl (C=O) groups excluding carboxylic acids is 1. The van der Waals surface area contributed by atoms with Gasteiger partial charge in [0.15, 0.2) is 0 Å². The van der Waals surface area contributed by atoms with Crippen LogP contribution < -0.4 is 10.6 Å². The predicted molar refractivity (Wildman–Crippen MR) is 93.8 cm³/mol. The van der Waals surface area contributed by atoms with E-state index in [1.54, 1.807) is 0 Å². The van der Waals surface area contributed by atoms with Gasteiger partial charge in [-0.1, -0.05) is 65.2 Å². The molecule has 0 saturated heterocycles. The van der Waals surface area contributed by atoms with Crippen LogP contribution in [-0.4, -0.2) is 30.3 Å². The molecule has 3 N–H and O–H groups in total. The molecule has 0 aromatic carbocycles. The zero-order valence-electron chi connectivity index (χ0n) is 14.8. The van der Waals surface area contributed by atoms with Gasteiger partial charge in [-0.05, 0) is 25.8 Å². The third kappa shape index (κ3) is 14.3. The van der Waals surface area contributed by atoms with Crippen molar-refractivity contribution < 1.29 is 9.90 Å². The Hall–Kier alpha value is -0.610. The highest BCUT2D eigenvalue weighted by atomic mass is 16.3. The summed E-state index contributed by atoms with van der Waals surface area (Å²) in [7, 11) is 0. The fourth-order valence-corrected chi connectivity index (χ4v) is 2.52. The number of hydrogen-bond acceptors (Lipinski definition) is 3. The molecule has 1 atom stereocenters. The lowest BCUT2D eigenvalue weighted by Gasteiger charge is -2.18. The second-order valence-electron chi connectivity index (χ2n) is 6.14. The van der Waals surface area contributed by atoms with Crippen LogP contribution >= 0.6 is 0 Å². The highest BCUT2D eigenvalue weighted by Crippen LogP contribution is 2.10. The van der Waals surface area contributed by atoms with Crippen molar-refractivity contribution in [2.75, 3.05) is 13.2 Å². The molecule has 0 aromatic rings. The van der Waals surface area contributed by atoms with E-state index < -0.39 is 0 Å². The van der Waals surface area contributed by atoms with Crippen LogP contribution in [0.5, 0.6) is 0 Å². The Balaban J connectivity index is 3.43. The number of aliphatic hydroxyl groups is 1. The zero-order valence-corrected chi connectivity index (χ0v) is 14.8. The van der Waals surface area contributed by atoms with E-state index >= 15 is 0 Å². The molecule has 0 aliphatic carbocycles. The van der Waals surface area contributed by atoms with E-state index in [1.165, 1.54) is 44.9 Å². The molecule has 0 heterocycles. The first kappa shape index (κ1) is 21.4. The van der Waals surface area contributed by atoms with E-state index in [9.17, 15) is 4.79 Å². The zero-order chi connectivity index (χ0) is 16.5. The van der Waals surface area contributed by atoms with Crippen LogP contribution in [0.3, 0.4) is 0 Å². The highest BCUT2D eigenvalue weighted by molar-refractivity contribution is 5.76. The molecule has 0 bridgehead atoms. The van der Waals surface area contributed by atoms with Crippen molar-refractivity contribution in [1.29, 1.82) is 0 Å². The quantitative estimate of drug-likeness (QED) is 0.300. The van der Waals surface area contributed by atoms with Crippen LogP contribution in [-0.2, 0) is 4.79 Å². The van der Waals surface area contributed by atoms with Crippen LogP contribution in [0.2, 0.25) is 0 Å². The second kappa shape index (κ2) is 16.8. The van der Waals surface area contributed by atoms with Gasteiger partial charge in [0.25, 0.3) is 0 Å². The summed E-state index contributed by atoms with van der Waals surface area (Å²) in [6.07, 6.45) is 13.8. The van der Waals surface area contributed by atoms with Crippen molar-refractivity contribution in [3.63, 3.8) is 0 Å². The molecule has 0 aliphatic heterocycles. The molecule has 4 nitrogen and oxygen atoms in total. The van der Waals surface area contributed by atoms with Gasteiger partial charge in [0, 0.05) is 13.0 Å². The molecule has 1 amide bonds.